The van der Waals surface area contributed by atoms with Crippen molar-refractivity contribution in [2.24, 2.45) is 0 Å². The summed E-state index contributed by atoms with van der Waals surface area (Å²) in [4.78, 5) is 2.52. The second-order valence-corrected chi connectivity index (χ2v) is 6.57. The average molecular weight is 266 g/mol. The third kappa shape index (κ3) is 3.31. The lowest BCUT2D eigenvalue weighted by atomic mass is 10.3. The summed E-state index contributed by atoms with van der Waals surface area (Å²) >= 11 is 2.06. The molecule has 2 fully saturated rings. The first-order chi connectivity index (χ1) is 8.81. The van der Waals surface area contributed by atoms with Gasteiger partial charge in [0.1, 0.15) is 11.5 Å². The summed E-state index contributed by atoms with van der Waals surface area (Å²) in [6, 6.07) is 5.67. The van der Waals surface area contributed by atoms with Crippen LogP contribution in [-0.2, 0) is 13.1 Å². The van der Waals surface area contributed by atoms with Gasteiger partial charge >= 0.3 is 0 Å². The molecule has 1 saturated carbocycles. The molecule has 1 saturated heterocycles. The Hall–Kier alpha value is -0.450. The molecule has 100 valence electrons. The first-order valence-electron chi connectivity index (χ1n) is 6.94. The van der Waals surface area contributed by atoms with Gasteiger partial charge in [-0.3, -0.25) is 4.90 Å². The Morgan fingerprint density at radius 3 is 3.00 bits per heavy atom. The van der Waals surface area contributed by atoms with E-state index in [0.717, 1.165) is 30.7 Å². The smallest absolute Gasteiger partial charge is 0.118 e. The van der Waals surface area contributed by atoms with Crippen LogP contribution < -0.4 is 5.32 Å². The van der Waals surface area contributed by atoms with Gasteiger partial charge in [0, 0.05) is 30.1 Å². The molecule has 0 aromatic carbocycles. The van der Waals surface area contributed by atoms with Gasteiger partial charge in [0.05, 0.1) is 13.1 Å². The Bertz CT molecular complexity index is 389. The largest absolute Gasteiger partial charge is 0.463 e. The minimum absolute atomic E-state index is 0.668. The number of nitrogens with one attached hydrogen (secondary N) is 1. The Kier molecular flexibility index (Phi) is 3.97. The highest BCUT2D eigenvalue weighted by molar-refractivity contribution is 7.99. The summed E-state index contributed by atoms with van der Waals surface area (Å²) in [5.41, 5.74) is 0. The highest BCUT2D eigenvalue weighted by Crippen LogP contribution is 2.21. The van der Waals surface area contributed by atoms with Crippen LogP contribution in [0.3, 0.4) is 0 Å². The van der Waals surface area contributed by atoms with E-state index in [2.05, 4.69) is 41.0 Å². The van der Waals surface area contributed by atoms with E-state index in [-0.39, 0.29) is 0 Å². The van der Waals surface area contributed by atoms with Gasteiger partial charge in [0.2, 0.25) is 0 Å². The van der Waals surface area contributed by atoms with Gasteiger partial charge in [0.25, 0.3) is 0 Å². The fourth-order valence-electron chi connectivity index (χ4n) is 2.33. The normalized spacial score (nSPS) is 25.5. The number of nitrogens with zero attached hydrogens (tertiary/aromatic N) is 1. The van der Waals surface area contributed by atoms with Crippen molar-refractivity contribution >= 4 is 11.8 Å². The van der Waals surface area contributed by atoms with Crippen LogP contribution in [-0.4, -0.2) is 35.0 Å². The zero-order valence-corrected chi connectivity index (χ0v) is 11.8. The van der Waals surface area contributed by atoms with Crippen LogP contribution in [0.15, 0.2) is 16.5 Å². The van der Waals surface area contributed by atoms with Crippen LogP contribution in [0, 0.1) is 0 Å². The van der Waals surface area contributed by atoms with E-state index in [1.165, 1.54) is 30.9 Å². The molecule has 3 rings (SSSR count). The Balaban J connectivity index is 1.51. The van der Waals surface area contributed by atoms with Crippen molar-refractivity contribution in [3.8, 4) is 0 Å². The Morgan fingerprint density at radius 2 is 2.22 bits per heavy atom. The molecule has 1 unspecified atom stereocenters. The lowest BCUT2D eigenvalue weighted by Crippen LogP contribution is -2.39. The molecule has 0 spiro atoms. The van der Waals surface area contributed by atoms with Crippen molar-refractivity contribution in [2.45, 2.75) is 44.9 Å². The lowest BCUT2D eigenvalue weighted by Gasteiger charge is -2.32. The zero-order valence-electron chi connectivity index (χ0n) is 11.0. The molecular formula is C14H22N2OS. The maximum absolute atomic E-state index is 5.90. The molecule has 0 radical (unpaired) electrons. The minimum atomic E-state index is 0.668. The molecule has 0 bridgehead atoms. The van der Waals surface area contributed by atoms with E-state index in [4.69, 9.17) is 4.42 Å². The first-order valence-corrected chi connectivity index (χ1v) is 8.09. The molecular weight excluding hydrogens is 244 g/mol. The standard InChI is InChI=1S/C14H22N2OS/c1-11-10-18-7-6-16(11)9-14-5-4-13(17-14)8-15-12-2-3-12/h4-5,11-12,15H,2-3,6-10H2,1H3. The molecule has 2 heterocycles. The summed E-state index contributed by atoms with van der Waals surface area (Å²) in [7, 11) is 0. The van der Waals surface area contributed by atoms with E-state index in [1.54, 1.807) is 0 Å². The predicted octanol–water partition coefficient (Wildman–Crippen LogP) is 2.47. The van der Waals surface area contributed by atoms with E-state index < -0.39 is 0 Å². The molecule has 1 aliphatic heterocycles. The highest BCUT2D eigenvalue weighted by Gasteiger charge is 2.21. The topological polar surface area (TPSA) is 28.4 Å². The number of rotatable bonds is 5. The van der Waals surface area contributed by atoms with Crippen molar-refractivity contribution in [1.29, 1.82) is 0 Å². The monoisotopic (exact) mass is 266 g/mol. The summed E-state index contributed by atoms with van der Waals surface area (Å²) in [5.74, 6) is 4.69. The van der Waals surface area contributed by atoms with Crippen molar-refractivity contribution in [2.75, 3.05) is 18.1 Å². The molecule has 2 aliphatic rings. The number of thioether (sulfide) groups is 1. The van der Waals surface area contributed by atoms with E-state index >= 15 is 0 Å². The highest BCUT2D eigenvalue weighted by atomic mass is 32.2. The van der Waals surface area contributed by atoms with Crippen LogP contribution in [0.4, 0.5) is 0 Å². The second-order valence-electron chi connectivity index (χ2n) is 5.42. The average Bonchev–Trinajstić information content (AvgIpc) is 3.10. The van der Waals surface area contributed by atoms with Crippen LogP contribution in [0.5, 0.6) is 0 Å². The maximum atomic E-state index is 5.90. The van der Waals surface area contributed by atoms with Gasteiger partial charge in [-0.15, -0.1) is 0 Å². The summed E-state index contributed by atoms with van der Waals surface area (Å²) < 4.78 is 5.90. The summed E-state index contributed by atoms with van der Waals surface area (Å²) in [5, 5.41) is 3.49. The Morgan fingerprint density at radius 1 is 1.39 bits per heavy atom. The van der Waals surface area contributed by atoms with Gasteiger partial charge in [0.15, 0.2) is 0 Å². The number of hydrogen-bond donors (Lipinski definition) is 1. The fourth-order valence-corrected chi connectivity index (χ4v) is 3.41. The van der Waals surface area contributed by atoms with Crippen LogP contribution in [0.1, 0.15) is 31.3 Å². The van der Waals surface area contributed by atoms with Crippen LogP contribution >= 0.6 is 11.8 Å². The maximum Gasteiger partial charge on any atom is 0.118 e. The third-order valence-corrected chi connectivity index (χ3v) is 4.91. The molecule has 1 N–H and O–H groups in total. The molecule has 1 aliphatic carbocycles. The molecule has 1 aromatic heterocycles. The summed E-state index contributed by atoms with van der Waals surface area (Å²) in [6.07, 6.45) is 2.66. The SMILES string of the molecule is CC1CSCCN1Cc1ccc(CNC2CC2)o1. The van der Waals surface area contributed by atoms with Crippen LogP contribution in [0.25, 0.3) is 0 Å². The molecule has 4 heteroatoms. The van der Waals surface area contributed by atoms with Gasteiger partial charge in [-0.25, -0.2) is 0 Å². The van der Waals surface area contributed by atoms with Crippen molar-refractivity contribution in [3.05, 3.63) is 23.7 Å². The zero-order chi connectivity index (χ0) is 12.4. The predicted molar refractivity (Wildman–Crippen MR) is 75.8 cm³/mol. The van der Waals surface area contributed by atoms with Gasteiger partial charge in [-0.2, -0.15) is 11.8 Å². The van der Waals surface area contributed by atoms with E-state index in [0.29, 0.717) is 6.04 Å². The molecule has 1 atom stereocenters. The first kappa shape index (κ1) is 12.6. The van der Waals surface area contributed by atoms with Crippen molar-refractivity contribution < 1.29 is 4.42 Å². The van der Waals surface area contributed by atoms with Crippen LogP contribution in [0.2, 0.25) is 0 Å². The molecule has 3 nitrogen and oxygen atoms in total. The molecule has 0 amide bonds. The van der Waals surface area contributed by atoms with Gasteiger partial charge in [-0.1, -0.05) is 0 Å². The lowest BCUT2D eigenvalue weighted by molar-refractivity contribution is 0.204. The van der Waals surface area contributed by atoms with E-state index in [1.807, 2.05) is 0 Å². The Labute approximate surface area is 113 Å². The molecule has 1 aromatic rings. The number of hydrogen-bond acceptors (Lipinski definition) is 4. The third-order valence-electron chi connectivity index (χ3n) is 3.72. The van der Waals surface area contributed by atoms with Crippen molar-refractivity contribution in [3.63, 3.8) is 0 Å². The minimum Gasteiger partial charge on any atom is -0.463 e. The quantitative estimate of drug-likeness (QED) is 0.886. The summed E-state index contributed by atoms with van der Waals surface area (Å²) in [6.45, 7) is 5.34. The van der Waals surface area contributed by atoms with E-state index in [9.17, 15) is 0 Å². The van der Waals surface area contributed by atoms with Gasteiger partial charge in [-0.05, 0) is 31.9 Å². The molecule has 18 heavy (non-hydrogen) atoms. The van der Waals surface area contributed by atoms with Gasteiger partial charge < -0.3 is 9.73 Å². The van der Waals surface area contributed by atoms with Crippen molar-refractivity contribution in [1.82, 2.24) is 10.2 Å². The fraction of sp³-hybridized carbons (Fsp3) is 0.714. The second kappa shape index (κ2) is 5.68. The number of furan rings is 1.